The molecule has 6 heteroatoms. The first-order chi connectivity index (χ1) is 10.1. The van der Waals surface area contributed by atoms with E-state index >= 15 is 0 Å². The Morgan fingerprint density at radius 1 is 1.43 bits per heavy atom. The minimum absolute atomic E-state index is 0.0115. The maximum Gasteiger partial charge on any atom is 0.319 e. The highest BCUT2D eigenvalue weighted by Crippen LogP contribution is 2.24. The van der Waals surface area contributed by atoms with E-state index in [1.807, 2.05) is 43.5 Å². The van der Waals surface area contributed by atoms with Gasteiger partial charge in [-0.15, -0.1) is 11.3 Å². The van der Waals surface area contributed by atoms with Gasteiger partial charge in [0, 0.05) is 35.5 Å². The lowest BCUT2D eigenvalue weighted by Gasteiger charge is -2.19. The van der Waals surface area contributed by atoms with Gasteiger partial charge in [-0.3, -0.25) is 0 Å². The average molecular weight is 305 g/mol. The highest BCUT2D eigenvalue weighted by molar-refractivity contribution is 7.13. The van der Waals surface area contributed by atoms with E-state index in [0.29, 0.717) is 5.69 Å². The predicted octanol–water partition coefficient (Wildman–Crippen LogP) is 2.95. The molecule has 0 saturated heterocycles. The summed E-state index contributed by atoms with van der Waals surface area (Å²) in [4.78, 5) is 16.2. The number of urea groups is 1. The fourth-order valence-electron chi connectivity index (χ4n) is 1.77. The Bertz CT molecular complexity index is 586. The number of aromatic nitrogens is 1. The Labute approximate surface area is 128 Å². The van der Waals surface area contributed by atoms with E-state index in [1.54, 1.807) is 17.5 Å². The summed E-state index contributed by atoms with van der Waals surface area (Å²) in [6.07, 6.45) is 1.75. The normalized spacial score (nSPS) is 13.5. The monoisotopic (exact) mass is 305 g/mol. The molecule has 2 aromatic rings. The van der Waals surface area contributed by atoms with Gasteiger partial charge in [0.05, 0.1) is 0 Å². The van der Waals surface area contributed by atoms with Crippen molar-refractivity contribution in [2.45, 2.75) is 19.9 Å². The number of nitrogens with zero attached hydrogens (tertiary/aromatic N) is 1. The van der Waals surface area contributed by atoms with Crippen LogP contribution in [0.5, 0.6) is 0 Å². The van der Waals surface area contributed by atoms with E-state index in [2.05, 4.69) is 15.6 Å². The van der Waals surface area contributed by atoms with Crippen LogP contribution in [0.2, 0.25) is 0 Å². The zero-order chi connectivity index (χ0) is 15.2. The molecule has 0 fully saturated rings. The number of benzene rings is 1. The first-order valence-electron chi connectivity index (χ1n) is 6.78. The predicted molar refractivity (Wildman–Crippen MR) is 85.4 cm³/mol. The van der Waals surface area contributed by atoms with E-state index in [9.17, 15) is 4.79 Å². The van der Waals surface area contributed by atoms with Crippen molar-refractivity contribution in [3.8, 4) is 10.6 Å². The minimum Gasteiger partial charge on any atom is -0.396 e. The second-order valence-electron chi connectivity index (χ2n) is 4.97. The third kappa shape index (κ3) is 4.27. The Hall–Kier alpha value is -1.92. The number of carbonyl (C=O) groups is 1. The third-order valence-electron chi connectivity index (χ3n) is 3.30. The molecule has 0 aliphatic rings. The quantitative estimate of drug-likeness (QED) is 0.795. The van der Waals surface area contributed by atoms with E-state index < -0.39 is 0 Å². The fourth-order valence-corrected chi connectivity index (χ4v) is 2.41. The summed E-state index contributed by atoms with van der Waals surface area (Å²) in [5.41, 5.74) is 1.68. The molecule has 0 saturated carbocycles. The lowest BCUT2D eigenvalue weighted by Crippen LogP contribution is -2.40. The van der Waals surface area contributed by atoms with Crippen LogP contribution in [0.1, 0.15) is 13.8 Å². The fraction of sp³-hybridized carbons (Fsp3) is 0.333. The summed E-state index contributed by atoms with van der Waals surface area (Å²) >= 11 is 1.55. The van der Waals surface area contributed by atoms with Crippen molar-refractivity contribution in [3.05, 3.63) is 35.8 Å². The number of carbonyl (C=O) groups excluding carboxylic acids is 1. The third-order valence-corrected chi connectivity index (χ3v) is 4.12. The molecule has 2 amide bonds. The molecule has 0 bridgehead atoms. The van der Waals surface area contributed by atoms with Crippen LogP contribution in [0.15, 0.2) is 35.8 Å². The molecule has 21 heavy (non-hydrogen) atoms. The highest BCUT2D eigenvalue weighted by Gasteiger charge is 2.14. The van der Waals surface area contributed by atoms with Crippen LogP contribution >= 0.6 is 11.3 Å². The molecular formula is C15H19N3O2S. The summed E-state index contributed by atoms with van der Waals surface area (Å²) < 4.78 is 0. The molecule has 1 heterocycles. The zero-order valence-electron chi connectivity index (χ0n) is 12.0. The second kappa shape index (κ2) is 7.19. The maximum atomic E-state index is 11.9. The van der Waals surface area contributed by atoms with Crippen LogP contribution in [0.25, 0.3) is 10.6 Å². The van der Waals surface area contributed by atoms with Crippen molar-refractivity contribution >= 4 is 23.1 Å². The van der Waals surface area contributed by atoms with Gasteiger partial charge in [-0.1, -0.05) is 19.1 Å². The molecule has 0 spiro atoms. The molecule has 1 aromatic heterocycles. The number of hydrogen-bond donors (Lipinski definition) is 3. The van der Waals surface area contributed by atoms with Gasteiger partial charge in [0.15, 0.2) is 0 Å². The van der Waals surface area contributed by atoms with Crippen molar-refractivity contribution in [2.24, 2.45) is 5.92 Å². The largest absolute Gasteiger partial charge is 0.396 e. The van der Waals surface area contributed by atoms with E-state index in [4.69, 9.17) is 5.11 Å². The topological polar surface area (TPSA) is 74.2 Å². The summed E-state index contributed by atoms with van der Waals surface area (Å²) in [6.45, 7) is 3.79. The van der Waals surface area contributed by atoms with Crippen molar-refractivity contribution in [1.29, 1.82) is 0 Å². The van der Waals surface area contributed by atoms with Gasteiger partial charge in [0.1, 0.15) is 5.01 Å². The molecule has 0 aliphatic carbocycles. The number of aliphatic hydroxyl groups is 1. The van der Waals surface area contributed by atoms with Crippen molar-refractivity contribution in [3.63, 3.8) is 0 Å². The van der Waals surface area contributed by atoms with Crippen LogP contribution in [0.3, 0.4) is 0 Å². The van der Waals surface area contributed by atoms with E-state index in [1.165, 1.54) is 0 Å². The molecule has 1 aromatic carbocycles. The smallest absolute Gasteiger partial charge is 0.319 e. The summed E-state index contributed by atoms with van der Waals surface area (Å²) in [7, 11) is 0. The number of hydrogen-bond acceptors (Lipinski definition) is 4. The van der Waals surface area contributed by atoms with Gasteiger partial charge < -0.3 is 15.7 Å². The number of amides is 2. The molecule has 5 nitrogen and oxygen atoms in total. The van der Waals surface area contributed by atoms with E-state index in [0.717, 1.165) is 10.6 Å². The van der Waals surface area contributed by atoms with Crippen LogP contribution in [0.4, 0.5) is 10.5 Å². The number of rotatable bonds is 5. The van der Waals surface area contributed by atoms with Gasteiger partial charge in [-0.25, -0.2) is 9.78 Å². The summed E-state index contributed by atoms with van der Waals surface area (Å²) in [6, 6.07) is 7.18. The molecule has 0 aliphatic heterocycles. The lowest BCUT2D eigenvalue weighted by atomic mass is 10.1. The molecule has 2 rings (SSSR count). The van der Waals surface area contributed by atoms with Gasteiger partial charge in [0.25, 0.3) is 0 Å². The molecule has 3 N–H and O–H groups in total. The highest BCUT2D eigenvalue weighted by atomic mass is 32.1. The molecule has 2 atom stereocenters. The molecular weight excluding hydrogens is 286 g/mol. The Kier molecular flexibility index (Phi) is 5.30. The second-order valence-corrected chi connectivity index (χ2v) is 5.86. The van der Waals surface area contributed by atoms with Crippen LogP contribution in [-0.4, -0.2) is 28.8 Å². The minimum atomic E-state index is -0.279. The number of nitrogens with one attached hydrogen (secondary N) is 2. The Morgan fingerprint density at radius 3 is 2.90 bits per heavy atom. The Morgan fingerprint density at radius 2 is 2.24 bits per heavy atom. The van der Waals surface area contributed by atoms with Crippen LogP contribution < -0.4 is 10.6 Å². The van der Waals surface area contributed by atoms with Gasteiger partial charge >= 0.3 is 6.03 Å². The lowest BCUT2D eigenvalue weighted by molar-refractivity contribution is 0.204. The van der Waals surface area contributed by atoms with Crippen molar-refractivity contribution in [1.82, 2.24) is 10.3 Å². The summed E-state index contributed by atoms with van der Waals surface area (Å²) in [5, 5.41) is 17.5. The average Bonchev–Trinajstić information content (AvgIpc) is 3.00. The van der Waals surface area contributed by atoms with E-state index in [-0.39, 0.29) is 24.6 Å². The summed E-state index contributed by atoms with van der Waals surface area (Å²) in [5.74, 6) is 0.0115. The number of aliphatic hydroxyl groups excluding tert-OH is 1. The molecule has 2 unspecified atom stereocenters. The molecule has 112 valence electrons. The maximum absolute atomic E-state index is 11.9. The van der Waals surface area contributed by atoms with Crippen molar-refractivity contribution < 1.29 is 9.90 Å². The SMILES string of the molecule is CC(CO)C(C)NC(=O)Nc1cccc(-c2nccs2)c1. The van der Waals surface area contributed by atoms with Crippen LogP contribution in [0, 0.1) is 5.92 Å². The van der Waals surface area contributed by atoms with Gasteiger partial charge in [-0.05, 0) is 25.0 Å². The van der Waals surface area contributed by atoms with Crippen LogP contribution in [-0.2, 0) is 0 Å². The van der Waals surface area contributed by atoms with Gasteiger partial charge in [0.2, 0.25) is 0 Å². The number of anilines is 1. The standard InChI is InChI=1S/C15H19N3O2S/c1-10(9-19)11(2)17-15(20)18-13-5-3-4-12(8-13)14-16-6-7-21-14/h3-8,10-11,19H,9H2,1-2H3,(H2,17,18,20). The number of thiazole rings is 1. The molecule has 0 radical (unpaired) electrons. The van der Waals surface area contributed by atoms with Gasteiger partial charge in [-0.2, -0.15) is 0 Å². The Balaban J connectivity index is 2.00. The first kappa shape index (κ1) is 15.5. The zero-order valence-corrected chi connectivity index (χ0v) is 12.9. The first-order valence-corrected chi connectivity index (χ1v) is 7.66. The van der Waals surface area contributed by atoms with Crippen molar-refractivity contribution in [2.75, 3.05) is 11.9 Å².